The second-order valence-corrected chi connectivity index (χ2v) is 5.75. The van der Waals surface area contributed by atoms with E-state index in [-0.39, 0.29) is 0 Å². The number of carbonyl (C=O) groups excluding carboxylic acids is 1. The largest absolute Gasteiger partial charge is 0.366 e. The predicted octanol–water partition coefficient (Wildman–Crippen LogP) is 4.00. The van der Waals surface area contributed by atoms with Crippen molar-refractivity contribution in [3.63, 3.8) is 0 Å². The number of anilines is 2. The minimum Gasteiger partial charge on any atom is -0.366 e. The molecule has 0 unspecified atom stereocenters. The Morgan fingerprint density at radius 1 is 1.09 bits per heavy atom. The van der Waals surface area contributed by atoms with E-state index >= 15 is 0 Å². The van der Waals surface area contributed by atoms with Crippen molar-refractivity contribution in [1.82, 2.24) is 4.98 Å². The fraction of sp³-hybridized carbons (Fsp3) is 0.158. The molecule has 0 saturated heterocycles. The van der Waals surface area contributed by atoms with E-state index in [1.165, 1.54) is 0 Å². The summed E-state index contributed by atoms with van der Waals surface area (Å²) in [6.45, 7) is 5.89. The summed E-state index contributed by atoms with van der Waals surface area (Å²) in [6.07, 6.45) is 0. The molecule has 3 N–H and O–H groups in total. The van der Waals surface area contributed by atoms with Crippen LogP contribution in [0.25, 0.3) is 10.9 Å². The number of para-hydroxylation sites is 1. The van der Waals surface area contributed by atoms with Crippen LogP contribution in [0, 0.1) is 20.8 Å². The van der Waals surface area contributed by atoms with Crippen LogP contribution in [-0.4, -0.2) is 10.9 Å². The molecule has 4 heteroatoms. The molecular formula is C19H19N3O. The van der Waals surface area contributed by atoms with Crippen LogP contribution in [0.1, 0.15) is 27.2 Å². The predicted molar refractivity (Wildman–Crippen MR) is 94.2 cm³/mol. The van der Waals surface area contributed by atoms with Gasteiger partial charge in [0.1, 0.15) is 0 Å². The van der Waals surface area contributed by atoms with Gasteiger partial charge >= 0.3 is 0 Å². The summed E-state index contributed by atoms with van der Waals surface area (Å²) in [5, 5.41) is 4.51. The lowest BCUT2D eigenvalue weighted by Crippen LogP contribution is -2.14. The lowest BCUT2D eigenvalue weighted by molar-refractivity contribution is 0.1000. The Bertz CT molecular complexity index is 916. The molecule has 0 spiro atoms. The Hall–Kier alpha value is -2.88. The van der Waals surface area contributed by atoms with Gasteiger partial charge in [-0.25, -0.2) is 0 Å². The number of hydrogen-bond donors (Lipinski definition) is 2. The molecule has 0 radical (unpaired) electrons. The molecule has 2 aromatic carbocycles. The Balaban J connectivity index is 2.17. The Labute approximate surface area is 135 Å². The third-order valence-corrected chi connectivity index (χ3v) is 4.04. The van der Waals surface area contributed by atoms with Crippen LogP contribution in [0.3, 0.4) is 0 Å². The van der Waals surface area contributed by atoms with E-state index in [0.29, 0.717) is 5.56 Å². The van der Waals surface area contributed by atoms with Gasteiger partial charge < -0.3 is 11.1 Å². The Morgan fingerprint density at radius 2 is 1.83 bits per heavy atom. The molecule has 0 aliphatic rings. The highest BCUT2D eigenvalue weighted by Gasteiger charge is 2.13. The summed E-state index contributed by atoms with van der Waals surface area (Å²) in [4.78, 5) is 16.1. The highest BCUT2D eigenvalue weighted by Crippen LogP contribution is 2.31. The monoisotopic (exact) mass is 305 g/mol. The maximum absolute atomic E-state index is 11.6. The van der Waals surface area contributed by atoms with Crippen molar-refractivity contribution in [1.29, 1.82) is 0 Å². The van der Waals surface area contributed by atoms with Gasteiger partial charge in [-0.05, 0) is 50.1 Å². The number of aromatic nitrogens is 1. The summed E-state index contributed by atoms with van der Waals surface area (Å²) < 4.78 is 0. The topological polar surface area (TPSA) is 68.0 Å². The van der Waals surface area contributed by atoms with Gasteiger partial charge in [-0.3, -0.25) is 9.78 Å². The number of pyridine rings is 1. The van der Waals surface area contributed by atoms with Gasteiger partial charge in [0.2, 0.25) is 5.91 Å². The number of nitrogens with one attached hydrogen (secondary N) is 1. The number of benzene rings is 2. The number of hydrogen-bond acceptors (Lipinski definition) is 3. The molecule has 3 aromatic rings. The number of nitrogens with zero attached hydrogens (tertiary/aromatic N) is 1. The van der Waals surface area contributed by atoms with Crippen LogP contribution in [0.15, 0.2) is 42.5 Å². The van der Waals surface area contributed by atoms with Gasteiger partial charge in [0.15, 0.2) is 0 Å². The van der Waals surface area contributed by atoms with Crippen LogP contribution in [-0.2, 0) is 0 Å². The lowest BCUT2D eigenvalue weighted by atomic mass is 10.0. The maximum Gasteiger partial charge on any atom is 0.249 e. The molecule has 4 nitrogen and oxygen atoms in total. The Kier molecular flexibility index (Phi) is 3.74. The van der Waals surface area contributed by atoms with E-state index in [2.05, 4.69) is 10.3 Å². The van der Waals surface area contributed by atoms with Gasteiger partial charge in [-0.1, -0.05) is 24.3 Å². The molecule has 0 aliphatic heterocycles. The zero-order chi connectivity index (χ0) is 16.6. The van der Waals surface area contributed by atoms with Crippen LogP contribution in [0.5, 0.6) is 0 Å². The van der Waals surface area contributed by atoms with Crippen molar-refractivity contribution in [2.75, 3.05) is 5.32 Å². The van der Waals surface area contributed by atoms with Crippen LogP contribution in [0.2, 0.25) is 0 Å². The highest BCUT2D eigenvalue weighted by molar-refractivity contribution is 5.98. The highest BCUT2D eigenvalue weighted by atomic mass is 16.1. The third-order valence-electron chi connectivity index (χ3n) is 4.04. The summed E-state index contributed by atoms with van der Waals surface area (Å²) >= 11 is 0. The first-order chi connectivity index (χ1) is 11.0. The second kappa shape index (κ2) is 5.72. The quantitative estimate of drug-likeness (QED) is 0.768. The number of fused-ring (bicyclic) bond motifs is 1. The van der Waals surface area contributed by atoms with Gasteiger partial charge in [0, 0.05) is 28.0 Å². The zero-order valence-corrected chi connectivity index (χ0v) is 13.5. The first kappa shape index (κ1) is 15.0. The van der Waals surface area contributed by atoms with Crippen LogP contribution >= 0.6 is 0 Å². The van der Waals surface area contributed by atoms with Crippen molar-refractivity contribution < 1.29 is 4.79 Å². The van der Waals surface area contributed by atoms with E-state index in [1.54, 1.807) is 6.07 Å². The minimum atomic E-state index is -0.415. The van der Waals surface area contributed by atoms with Crippen molar-refractivity contribution in [2.45, 2.75) is 20.8 Å². The number of carbonyl (C=O) groups is 1. The van der Waals surface area contributed by atoms with Crippen molar-refractivity contribution in [3.05, 3.63) is 64.8 Å². The average molecular weight is 305 g/mol. The molecule has 23 heavy (non-hydrogen) atoms. The molecule has 1 heterocycles. The molecular weight excluding hydrogens is 286 g/mol. The van der Waals surface area contributed by atoms with E-state index in [9.17, 15) is 4.79 Å². The standard InChI is InChI=1S/C19H19N3O/c1-11-8-9-14(19(20)23)13(3)18(11)22-17-10-12(2)21-16-7-5-4-6-15(16)17/h4-10H,1-3H3,(H2,20,23)(H,21,22). The van der Waals surface area contributed by atoms with Gasteiger partial charge in [0.25, 0.3) is 0 Å². The molecule has 0 saturated carbocycles. The van der Waals surface area contributed by atoms with E-state index in [0.717, 1.165) is 39.1 Å². The van der Waals surface area contributed by atoms with Crippen molar-refractivity contribution in [3.8, 4) is 0 Å². The number of primary amides is 1. The molecule has 1 aromatic heterocycles. The first-order valence-corrected chi connectivity index (χ1v) is 7.51. The smallest absolute Gasteiger partial charge is 0.249 e. The fourth-order valence-electron chi connectivity index (χ4n) is 2.85. The molecule has 0 fully saturated rings. The summed E-state index contributed by atoms with van der Waals surface area (Å²) in [5.41, 5.74) is 11.7. The fourth-order valence-corrected chi connectivity index (χ4v) is 2.85. The number of amides is 1. The van der Waals surface area contributed by atoms with E-state index in [1.807, 2.05) is 57.2 Å². The normalized spacial score (nSPS) is 10.7. The molecule has 0 bridgehead atoms. The maximum atomic E-state index is 11.6. The second-order valence-electron chi connectivity index (χ2n) is 5.75. The van der Waals surface area contributed by atoms with Crippen molar-refractivity contribution in [2.24, 2.45) is 5.73 Å². The summed E-state index contributed by atoms with van der Waals surface area (Å²) in [6, 6.07) is 13.7. The summed E-state index contributed by atoms with van der Waals surface area (Å²) in [5.74, 6) is -0.415. The molecule has 0 atom stereocenters. The van der Waals surface area contributed by atoms with Crippen LogP contribution < -0.4 is 11.1 Å². The minimum absolute atomic E-state index is 0.415. The lowest BCUT2D eigenvalue weighted by Gasteiger charge is -2.17. The van der Waals surface area contributed by atoms with Gasteiger partial charge in [-0.2, -0.15) is 0 Å². The molecule has 1 amide bonds. The third kappa shape index (κ3) is 2.75. The van der Waals surface area contributed by atoms with Crippen molar-refractivity contribution >= 4 is 28.2 Å². The first-order valence-electron chi connectivity index (χ1n) is 7.51. The van der Waals surface area contributed by atoms with Gasteiger partial charge in [-0.15, -0.1) is 0 Å². The van der Waals surface area contributed by atoms with E-state index in [4.69, 9.17) is 5.73 Å². The molecule has 0 aliphatic carbocycles. The zero-order valence-electron chi connectivity index (χ0n) is 13.5. The Morgan fingerprint density at radius 3 is 2.57 bits per heavy atom. The number of nitrogens with two attached hydrogens (primary N) is 1. The molecule has 116 valence electrons. The number of aryl methyl sites for hydroxylation is 2. The average Bonchev–Trinajstić information content (AvgIpc) is 2.50. The molecule has 3 rings (SSSR count). The van der Waals surface area contributed by atoms with Crippen LogP contribution in [0.4, 0.5) is 11.4 Å². The number of rotatable bonds is 3. The summed E-state index contributed by atoms with van der Waals surface area (Å²) in [7, 11) is 0. The van der Waals surface area contributed by atoms with Gasteiger partial charge in [0.05, 0.1) is 5.52 Å². The SMILES string of the molecule is Cc1cc(Nc2c(C)ccc(C(N)=O)c2C)c2ccccc2n1. The van der Waals surface area contributed by atoms with E-state index < -0.39 is 5.91 Å².